The maximum Gasteiger partial charge on any atom is 0.242 e. The number of nitrogens with one attached hydrogen (secondary N) is 2. The van der Waals surface area contributed by atoms with Crippen LogP contribution in [-0.4, -0.2) is 21.5 Å². The van der Waals surface area contributed by atoms with Crippen molar-refractivity contribution in [1.29, 1.82) is 0 Å². The number of rotatable bonds is 6. The van der Waals surface area contributed by atoms with Gasteiger partial charge in [-0.3, -0.25) is 0 Å². The summed E-state index contributed by atoms with van der Waals surface area (Å²) in [6.07, 6.45) is 3.20. The summed E-state index contributed by atoms with van der Waals surface area (Å²) in [6, 6.07) is 0.0710. The first kappa shape index (κ1) is 16.9. The van der Waals surface area contributed by atoms with E-state index in [2.05, 4.69) is 23.9 Å². The predicted octanol–water partition coefficient (Wildman–Crippen LogP) is 2.88. The normalized spacial score (nSPS) is 26.4. The highest BCUT2D eigenvalue weighted by atomic mass is 32.2. The molecule has 0 bridgehead atoms. The van der Waals surface area contributed by atoms with Gasteiger partial charge < -0.3 is 5.32 Å². The topological polar surface area (TPSA) is 58.2 Å². The SMILES string of the molecule is CCC1CCC(NS(=O)(=O)c2c(C)csc2CNC)C1C. The Morgan fingerprint density at radius 3 is 2.67 bits per heavy atom. The molecule has 0 amide bonds. The second-order valence-electron chi connectivity index (χ2n) is 6.03. The molecule has 1 aliphatic rings. The molecule has 4 nitrogen and oxygen atoms in total. The van der Waals surface area contributed by atoms with Gasteiger partial charge >= 0.3 is 0 Å². The van der Waals surface area contributed by atoms with Crippen molar-refractivity contribution < 1.29 is 8.42 Å². The Hall–Kier alpha value is -0.430. The van der Waals surface area contributed by atoms with Crippen molar-refractivity contribution >= 4 is 21.4 Å². The van der Waals surface area contributed by atoms with Crippen LogP contribution in [0.5, 0.6) is 0 Å². The Labute approximate surface area is 132 Å². The van der Waals surface area contributed by atoms with Gasteiger partial charge in [-0.2, -0.15) is 0 Å². The number of hydrogen-bond donors (Lipinski definition) is 2. The number of hydrogen-bond acceptors (Lipinski definition) is 4. The largest absolute Gasteiger partial charge is 0.315 e. The van der Waals surface area contributed by atoms with E-state index in [1.54, 1.807) is 0 Å². The van der Waals surface area contributed by atoms with E-state index in [9.17, 15) is 8.42 Å². The predicted molar refractivity (Wildman–Crippen MR) is 88.1 cm³/mol. The van der Waals surface area contributed by atoms with Crippen molar-refractivity contribution in [3.63, 3.8) is 0 Å². The van der Waals surface area contributed by atoms with Crippen LogP contribution in [0.4, 0.5) is 0 Å². The fraction of sp³-hybridized carbons (Fsp3) is 0.733. The van der Waals surface area contributed by atoms with E-state index in [1.165, 1.54) is 11.3 Å². The summed E-state index contributed by atoms with van der Waals surface area (Å²) >= 11 is 1.51. The summed E-state index contributed by atoms with van der Waals surface area (Å²) in [4.78, 5) is 1.37. The van der Waals surface area contributed by atoms with Crippen molar-refractivity contribution in [3.8, 4) is 0 Å². The average Bonchev–Trinajstić information content (AvgIpc) is 2.95. The van der Waals surface area contributed by atoms with Crippen LogP contribution in [0, 0.1) is 18.8 Å². The van der Waals surface area contributed by atoms with Gasteiger partial charge in [0.15, 0.2) is 0 Å². The second kappa shape index (κ2) is 6.77. The molecule has 1 aromatic rings. The Kier molecular flexibility index (Phi) is 5.46. The van der Waals surface area contributed by atoms with Gasteiger partial charge in [0.25, 0.3) is 0 Å². The van der Waals surface area contributed by atoms with Crippen molar-refractivity contribution in [3.05, 3.63) is 15.8 Å². The van der Waals surface area contributed by atoms with Crippen LogP contribution in [-0.2, 0) is 16.6 Å². The fourth-order valence-corrected chi connectivity index (χ4v) is 6.56. The van der Waals surface area contributed by atoms with Gasteiger partial charge in [0.1, 0.15) is 4.90 Å². The summed E-state index contributed by atoms with van der Waals surface area (Å²) in [5.74, 6) is 1.05. The minimum Gasteiger partial charge on any atom is -0.315 e. The van der Waals surface area contributed by atoms with Crippen LogP contribution in [0.25, 0.3) is 0 Å². The molecule has 2 rings (SSSR count). The lowest BCUT2D eigenvalue weighted by atomic mass is 9.94. The van der Waals surface area contributed by atoms with Crippen LogP contribution >= 0.6 is 11.3 Å². The van der Waals surface area contributed by atoms with Gasteiger partial charge in [-0.25, -0.2) is 13.1 Å². The molecule has 1 saturated carbocycles. The van der Waals surface area contributed by atoms with Crippen LogP contribution < -0.4 is 10.0 Å². The molecule has 0 spiro atoms. The molecule has 0 aromatic carbocycles. The third-order valence-corrected chi connectivity index (χ3v) is 7.61. The summed E-state index contributed by atoms with van der Waals surface area (Å²) < 4.78 is 28.5. The van der Waals surface area contributed by atoms with E-state index in [1.807, 2.05) is 19.4 Å². The first-order chi connectivity index (χ1) is 9.90. The number of sulfonamides is 1. The Balaban J connectivity index is 2.21. The van der Waals surface area contributed by atoms with Crippen molar-refractivity contribution in [2.45, 2.75) is 57.5 Å². The monoisotopic (exact) mass is 330 g/mol. The molecule has 1 aromatic heterocycles. The van der Waals surface area contributed by atoms with Gasteiger partial charge in [-0.15, -0.1) is 11.3 Å². The standard InChI is InChI=1S/C15H26N2O2S2/c1-5-12-6-7-13(11(12)3)17-21(18,19)15-10(2)9-20-14(15)8-16-4/h9,11-13,16-17H,5-8H2,1-4H3. The highest BCUT2D eigenvalue weighted by Gasteiger charge is 2.35. The lowest BCUT2D eigenvalue weighted by molar-refractivity contribution is 0.368. The zero-order chi connectivity index (χ0) is 15.6. The van der Waals surface area contributed by atoms with Crippen LogP contribution in [0.15, 0.2) is 10.3 Å². The number of thiophene rings is 1. The fourth-order valence-electron chi connectivity index (χ4n) is 3.38. The van der Waals surface area contributed by atoms with E-state index in [-0.39, 0.29) is 6.04 Å². The van der Waals surface area contributed by atoms with E-state index in [0.29, 0.717) is 23.3 Å². The molecule has 3 atom stereocenters. The van der Waals surface area contributed by atoms with E-state index >= 15 is 0 Å². The minimum absolute atomic E-state index is 0.0710. The first-order valence-corrected chi connectivity index (χ1v) is 10.0. The highest BCUT2D eigenvalue weighted by molar-refractivity contribution is 7.89. The summed E-state index contributed by atoms with van der Waals surface area (Å²) in [6.45, 7) is 6.82. The smallest absolute Gasteiger partial charge is 0.242 e. The molecule has 120 valence electrons. The van der Waals surface area contributed by atoms with Crippen LogP contribution in [0.1, 0.15) is 43.6 Å². The lowest BCUT2D eigenvalue weighted by Crippen LogP contribution is -2.38. The average molecular weight is 331 g/mol. The molecule has 1 fully saturated rings. The Morgan fingerprint density at radius 2 is 2.10 bits per heavy atom. The lowest BCUT2D eigenvalue weighted by Gasteiger charge is -2.21. The minimum atomic E-state index is -3.43. The quantitative estimate of drug-likeness (QED) is 0.843. The maximum atomic E-state index is 12.8. The molecule has 1 aliphatic carbocycles. The van der Waals surface area contributed by atoms with Crippen molar-refractivity contribution in [1.82, 2.24) is 10.0 Å². The third-order valence-electron chi connectivity index (χ3n) is 4.65. The molecule has 0 radical (unpaired) electrons. The Morgan fingerprint density at radius 1 is 1.38 bits per heavy atom. The molecular formula is C15H26N2O2S2. The summed E-state index contributed by atoms with van der Waals surface area (Å²) in [5, 5.41) is 4.97. The van der Waals surface area contributed by atoms with E-state index in [0.717, 1.165) is 29.7 Å². The maximum absolute atomic E-state index is 12.8. The first-order valence-electron chi connectivity index (χ1n) is 7.64. The van der Waals surface area contributed by atoms with Crippen molar-refractivity contribution in [2.24, 2.45) is 11.8 Å². The highest BCUT2D eigenvalue weighted by Crippen LogP contribution is 2.35. The zero-order valence-corrected chi connectivity index (χ0v) is 14.9. The number of aryl methyl sites for hydroxylation is 1. The summed E-state index contributed by atoms with van der Waals surface area (Å²) in [5.41, 5.74) is 0.843. The van der Waals surface area contributed by atoms with Gasteiger partial charge in [0.2, 0.25) is 10.0 Å². The molecule has 6 heteroatoms. The summed E-state index contributed by atoms with van der Waals surface area (Å²) in [7, 11) is -1.59. The third kappa shape index (κ3) is 3.50. The van der Waals surface area contributed by atoms with Crippen molar-refractivity contribution in [2.75, 3.05) is 7.05 Å². The van der Waals surface area contributed by atoms with Crippen LogP contribution in [0.2, 0.25) is 0 Å². The van der Waals surface area contributed by atoms with E-state index < -0.39 is 10.0 Å². The molecular weight excluding hydrogens is 304 g/mol. The van der Waals surface area contributed by atoms with Crippen LogP contribution in [0.3, 0.4) is 0 Å². The van der Waals surface area contributed by atoms with Gasteiger partial charge in [-0.1, -0.05) is 20.3 Å². The zero-order valence-electron chi connectivity index (χ0n) is 13.3. The Bertz CT molecular complexity index is 580. The van der Waals surface area contributed by atoms with Gasteiger partial charge in [0.05, 0.1) is 0 Å². The van der Waals surface area contributed by atoms with Gasteiger partial charge in [0, 0.05) is 17.5 Å². The molecule has 1 heterocycles. The molecule has 21 heavy (non-hydrogen) atoms. The van der Waals surface area contributed by atoms with Gasteiger partial charge in [-0.05, 0) is 49.6 Å². The molecule has 2 N–H and O–H groups in total. The molecule has 0 aliphatic heterocycles. The molecule has 3 unspecified atom stereocenters. The van der Waals surface area contributed by atoms with E-state index in [4.69, 9.17) is 0 Å². The second-order valence-corrected chi connectivity index (χ2v) is 8.65. The molecule has 0 saturated heterocycles.